The summed E-state index contributed by atoms with van der Waals surface area (Å²) in [7, 11) is 0. The highest BCUT2D eigenvalue weighted by molar-refractivity contribution is 14.1. The molecule has 1 aliphatic heterocycles. The molecule has 0 bridgehead atoms. The van der Waals surface area contributed by atoms with Crippen LogP contribution in [0.25, 0.3) is 6.08 Å². The molecule has 162 valence electrons. The lowest BCUT2D eigenvalue weighted by Gasteiger charge is -2.09. The van der Waals surface area contributed by atoms with Crippen molar-refractivity contribution >= 4 is 96.3 Å². The first-order valence-electron chi connectivity index (χ1n) is 9.29. The Morgan fingerprint density at radius 3 is 2.66 bits per heavy atom. The molecule has 1 heterocycles. The van der Waals surface area contributed by atoms with Crippen LogP contribution >= 0.6 is 73.5 Å². The minimum Gasteiger partial charge on any atom is -0.488 e. The number of thioether (sulfide) groups is 1. The summed E-state index contributed by atoms with van der Waals surface area (Å²) in [6.45, 7) is 0.472. The first kappa shape index (κ1) is 23.6. The van der Waals surface area contributed by atoms with Crippen molar-refractivity contribution < 1.29 is 9.53 Å². The Bertz CT molecular complexity index is 1250. The van der Waals surface area contributed by atoms with E-state index in [0.717, 1.165) is 21.3 Å². The van der Waals surface area contributed by atoms with Crippen LogP contribution in [0.5, 0.6) is 5.75 Å². The van der Waals surface area contributed by atoms with Crippen molar-refractivity contribution in [1.29, 1.82) is 0 Å². The van der Waals surface area contributed by atoms with E-state index in [4.69, 9.17) is 27.9 Å². The highest BCUT2D eigenvalue weighted by Crippen LogP contribution is 2.35. The van der Waals surface area contributed by atoms with Crippen LogP contribution in [0.3, 0.4) is 0 Å². The average Bonchev–Trinajstić information content (AvgIpc) is 3.10. The molecule has 0 saturated carbocycles. The van der Waals surface area contributed by atoms with E-state index in [-0.39, 0.29) is 5.91 Å². The Labute approximate surface area is 221 Å². The van der Waals surface area contributed by atoms with Gasteiger partial charge in [0.25, 0.3) is 5.91 Å². The predicted octanol–water partition coefficient (Wildman–Crippen LogP) is 7.83. The number of carbonyl (C=O) groups excluding carboxylic acids is 1. The molecule has 0 atom stereocenters. The molecule has 1 amide bonds. The highest BCUT2D eigenvalue weighted by Gasteiger charge is 2.24. The molecule has 3 aromatic rings. The number of hydrogen-bond acceptors (Lipinski definition) is 4. The Morgan fingerprint density at radius 2 is 1.91 bits per heavy atom. The molecule has 1 N–H and O–H groups in total. The summed E-state index contributed by atoms with van der Waals surface area (Å²) in [4.78, 5) is 17.3. The van der Waals surface area contributed by atoms with E-state index in [9.17, 15) is 4.79 Å². The van der Waals surface area contributed by atoms with Crippen LogP contribution < -0.4 is 10.1 Å². The zero-order valence-corrected chi connectivity index (χ0v) is 22.3. The second kappa shape index (κ2) is 10.6. The zero-order valence-electron chi connectivity index (χ0n) is 16.2. The van der Waals surface area contributed by atoms with Crippen molar-refractivity contribution in [3.8, 4) is 5.75 Å². The van der Waals surface area contributed by atoms with Crippen molar-refractivity contribution in [2.24, 2.45) is 4.99 Å². The van der Waals surface area contributed by atoms with E-state index < -0.39 is 0 Å². The number of benzene rings is 3. The van der Waals surface area contributed by atoms with E-state index >= 15 is 0 Å². The van der Waals surface area contributed by atoms with E-state index in [1.165, 1.54) is 15.3 Å². The highest BCUT2D eigenvalue weighted by atomic mass is 127. The lowest BCUT2D eigenvalue weighted by atomic mass is 10.2. The summed E-state index contributed by atoms with van der Waals surface area (Å²) in [5.74, 6) is 0.508. The molecule has 0 unspecified atom stereocenters. The summed E-state index contributed by atoms with van der Waals surface area (Å²) in [5.41, 5.74) is 2.45. The third-order valence-electron chi connectivity index (χ3n) is 4.37. The number of amides is 1. The third-order valence-corrected chi connectivity index (χ3v) is 7.42. The van der Waals surface area contributed by atoms with Crippen LogP contribution in [-0.4, -0.2) is 11.1 Å². The number of carbonyl (C=O) groups is 1. The molecule has 9 heteroatoms. The van der Waals surface area contributed by atoms with Gasteiger partial charge in [-0.2, -0.15) is 0 Å². The Hall–Kier alpha value is -1.52. The molecule has 0 spiro atoms. The Morgan fingerprint density at radius 1 is 1.12 bits per heavy atom. The first-order chi connectivity index (χ1) is 15.4. The number of hydrogen-bond donors (Lipinski definition) is 1. The number of nitrogens with zero attached hydrogens (tertiary/aromatic N) is 1. The van der Waals surface area contributed by atoms with Crippen molar-refractivity contribution in [2.75, 3.05) is 0 Å². The van der Waals surface area contributed by atoms with Gasteiger partial charge in [-0.1, -0.05) is 47.5 Å². The van der Waals surface area contributed by atoms with Gasteiger partial charge < -0.3 is 10.1 Å². The van der Waals surface area contributed by atoms with E-state index in [0.29, 0.717) is 32.4 Å². The van der Waals surface area contributed by atoms with Crippen molar-refractivity contribution in [3.05, 3.63) is 94.8 Å². The largest absolute Gasteiger partial charge is 0.488 e. The van der Waals surface area contributed by atoms with Crippen LogP contribution in [0.1, 0.15) is 11.1 Å². The second-order valence-corrected chi connectivity index (χ2v) is 10.6. The summed E-state index contributed by atoms with van der Waals surface area (Å²) < 4.78 is 7.91. The van der Waals surface area contributed by atoms with Gasteiger partial charge in [-0.3, -0.25) is 4.79 Å². The van der Waals surface area contributed by atoms with Gasteiger partial charge in [0, 0.05) is 3.57 Å². The lowest BCUT2D eigenvalue weighted by Crippen LogP contribution is -2.19. The van der Waals surface area contributed by atoms with Gasteiger partial charge in [0.05, 0.1) is 25.1 Å². The van der Waals surface area contributed by atoms with Gasteiger partial charge in [0.15, 0.2) is 5.17 Å². The molecule has 32 heavy (non-hydrogen) atoms. The summed E-state index contributed by atoms with van der Waals surface area (Å²) >= 11 is 19.3. The Kier molecular flexibility index (Phi) is 7.83. The monoisotopic (exact) mass is 658 g/mol. The van der Waals surface area contributed by atoms with Gasteiger partial charge in [0.2, 0.25) is 0 Å². The minimum absolute atomic E-state index is 0.220. The maximum Gasteiger partial charge on any atom is 0.264 e. The average molecular weight is 660 g/mol. The van der Waals surface area contributed by atoms with Gasteiger partial charge >= 0.3 is 0 Å². The number of aliphatic imine (C=N–C) groups is 1. The van der Waals surface area contributed by atoms with Crippen LogP contribution in [-0.2, 0) is 11.4 Å². The van der Waals surface area contributed by atoms with Crippen molar-refractivity contribution in [1.82, 2.24) is 5.32 Å². The van der Waals surface area contributed by atoms with E-state index in [1.54, 1.807) is 24.3 Å². The third kappa shape index (κ3) is 5.88. The number of amidine groups is 1. The van der Waals surface area contributed by atoms with Crippen LogP contribution in [0.2, 0.25) is 10.0 Å². The predicted molar refractivity (Wildman–Crippen MR) is 145 cm³/mol. The molecule has 0 aliphatic carbocycles. The maximum absolute atomic E-state index is 12.4. The van der Waals surface area contributed by atoms with E-state index in [1.807, 2.05) is 42.5 Å². The van der Waals surface area contributed by atoms with Crippen molar-refractivity contribution in [3.63, 3.8) is 0 Å². The van der Waals surface area contributed by atoms with Crippen molar-refractivity contribution in [2.45, 2.75) is 6.61 Å². The maximum atomic E-state index is 12.4. The Balaban J connectivity index is 1.47. The fraction of sp³-hybridized carbons (Fsp3) is 0.0435. The van der Waals surface area contributed by atoms with Crippen LogP contribution in [0, 0.1) is 3.57 Å². The first-order valence-corrected chi connectivity index (χ1v) is 12.7. The quantitative estimate of drug-likeness (QED) is 0.224. The summed E-state index contributed by atoms with van der Waals surface area (Å²) in [5, 5.41) is 3.96. The van der Waals surface area contributed by atoms with Gasteiger partial charge in [-0.25, -0.2) is 4.99 Å². The molecule has 0 radical (unpaired) electrons. The topological polar surface area (TPSA) is 50.7 Å². The zero-order chi connectivity index (χ0) is 22.7. The SMILES string of the molecule is O=C1NC(=Nc2cccc(Cl)c2Cl)S/C1=C\c1ccc(OCc2ccc(I)cc2)c(Br)c1. The van der Waals surface area contributed by atoms with Crippen LogP contribution in [0.15, 0.2) is 75.0 Å². The minimum atomic E-state index is -0.220. The molecular formula is C23H14BrCl2IN2O2S. The summed E-state index contributed by atoms with van der Waals surface area (Å²) in [6.07, 6.45) is 1.80. The molecule has 1 aliphatic rings. The molecule has 3 aromatic carbocycles. The molecule has 1 fully saturated rings. The molecule has 4 rings (SSSR count). The lowest BCUT2D eigenvalue weighted by molar-refractivity contribution is -0.115. The molecule has 0 aromatic heterocycles. The molecule has 4 nitrogen and oxygen atoms in total. The van der Waals surface area contributed by atoms with Crippen LogP contribution in [0.4, 0.5) is 5.69 Å². The molecular weight excluding hydrogens is 646 g/mol. The number of halogens is 4. The van der Waals surface area contributed by atoms with Gasteiger partial charge in [-0.05, 0) is 104 Å². The smallest absolute Gasteiger partial charge is 0.264 e. The molecule has 1 saturated heterocycles. The normalized spacial score (nSPS) is 15.9. The fourth-order valence-electron chi connectivity index (χ4n) is 2.79. The standard InChI is InChI=1S/C23H14BrCl2IN2O2S/c24-16-10-14(6-9-19(16)31-12-13-4-7-15(27)8-5-13)11-20-22(30)29-23(32-20)28-18-3-1-2-17(25)21(18)26/h1-11H,12H2,(H,28,29,30)/b20-11-. The fourth-order valence-corrected chi connectivity index (χ4v) is 4.83. The number of rotatable bonds is 5. The second-order valence-electron chi connectivity index (χ2n) is 6.66. The number of nitrogens with one attached hydrogen (secondary N) is 1. The van der Waals surface area contributed by atoms with E-state index in [2.05, 4.69) is 48.8 Å². The number of ether oxygens (including phenoxy) is 1. The van der Waals surface area contributed by atoms with Gasteiger partial charge in [-0.15, -0.1) is 0 Å². The van der Waals surface area contributed by atoms with Gasteiger partial charge in [0.1, 0.15) is 12.4 Å². The summed E-state index contributed by atoms with van der Waals surface area (Å²) in [6, 6.07) is 19.0.